The zero-order chi connectivity index (χ0) is 12.8. The van der Waals surface area contributed by atoms with Gasteiger partial charge in [0.25, 0.3) is 0 Å². The Bertz CT molecular complexity index is 481. The Balaban J connectivity index is 1.97. The molecule has 1 aromatic carbocycles. The van der Waals surface area contributed by atoms with Gasteiger partial charge in [0.2, 0.25) is 0 Å². The van der Waals surface area contributed by atoms with Crippen molar-refractivity contribution < 1.29 is 4.74 Å². The molecule has 0 aliphatic heterocycles. The van der Waals surface area contributed by atoms with E-state index >= 15 is 0 Å². The van der Waals surface area contributed by atoms with E-state index in [1.54, 1.807) is 7.11 Å². The van der Waals surface area contributed by atoms with Gasteiger partial charge in [-0.2, -0.15) is 0 Å². The molecule has 0 bridgehead atoms. The van der Waals surface area contributed by atoms with Crippen LogP contribution in [0.3, 0.4) is 0 Å². The highest BCUT2D eigenvalue weighted by molar-refractivity contribution is 5.30. The fraction of sp³-hybridized carbons (Fsp3) is 0.312. The molecule has 0 saturated heterocycles. The first-order valence-corrected chi connectivity index (χ1v) is 6.33. The van der Waals surface area contributed by atoms with Crippen molar-refractivity contribution in [2.75, 3.05) is 7.11 Å². The van der Waals surface area contributed by atoms with Gasteiger partial charge < -0.3 is 4.74 Å². The second-order valence-corrected chi connectivity index (χ2v) is 4.54. The summed E-state index contributed by atoms with van der Waals surface area (Å²) in [4.78, 5) is 4.35. The summed E-state index contributed by atoms with van der Waals surface area (Å²) >= 11 is 0. The summed E-state index contributed by atoms with van der Waals surface area (Å²) in [7, 11) is 1.71. The summed E-state index contributed by atoms with van der Waals surface area (Å²) in [6.07, 6.45) is 3.97. The molecule has 2 heteroatoms. The quantitative estimate of drug-likeness (QED) is 0.793. The standard InChI is InChI=1S/C16H19NO/c1-13(9-10-15-7-3-4-11-17-15)14-6-5-8-16(12-14)18-2/h3-8,11-13H,9-10H2,1-2H3/t13-/m0/s1. The SMILES string of the molecule is COc1cccc([C@@H](C)CCc2ccccn2)c1. The fourth-order valence-electron chi connectivity index (χ4n) is 2.03. The van der Waals surface area contributed by atoms with Gasteiger partial charge in [0, 0.05) is 11.9 Å². The van der Waals surface area contributed by atoms with Crippen LogP contribution in [0.2, 0.25) is 0 Å². The van der Waals surface area contributed by atoms with Gasteiger partial charge in [0.1, 0.15) is 5.75 Å². The molecule has 2 aromatic rings. The third-order valence-electron chi connectivity index (χ3n) is 3.22. The van der Waals surface area contributed by atoms with Gasteiger partial charge in [-0.05, 0) is 48.6 Å². The summed E-state index contributed by atoms with van der Waals surface area (Å²) < 4.78 is 5.26. The maximum absolute atomic E-state index is 5.26. The van der Waals surface area contributed by atoms with E-state index in [-0.39, 0.29) is 0 Å². The molecule has 94 valence electrons. The zero-order valence-corrected chi connectivity index (χ0v) is 11.0. The second-order valence-electron chi connectivity index (χ2n) is 4.54. The minimum Gasteiger partial charge on any atom is -0.497 e. The molecule has 1 atom stereocenters. The third kappa shape index (κ3) is 3.33. The second kappa shape index (κ2) is 6.20. The molecule has 18 heavy (non-hydrogen) atoms. The number of methoxy groups -OCH3 is 1. The summed E-state index contributed by atoms with van der Waals surface area (Å²) in [5.74, 6) is 1.44. The average molecular weight is 241 g/mol. The average Bonchev–Trinajstić information content (AvgIpc) is 2.46. The lowest BCUT2D eigenvalue weighted by atomic mass is 9.95. The predicted octanol–water partition coefficient (Wildman–Crippen LogP) is 3.83. The number of rotatable bonds is 5. The topological polar surface area (TPSA) is 22.1 Å². The minimum absolute atomic E-state index is 0.516. The molecular formula is C16H19NO. The summed E-state index contributed by atoms with van der Waals surface area (Å²) in [5, 5.41) is 0. The van der Waals surface area contributed by atoms with Crippen LogP contribution in [-0.2, 0) is 6.42 Å². The van der Waals surface area contributed by atoms with Crippen molar-refractivity contribution in [2.45, 2.75) is 25.7 Å². The van der Waals surface area contributed by atoms with E-state index in [0.717, 1.165) is 24.3 Å². The van der Waals surface area contributed by atoms with Crippen molar-refractivity contribution in [1.29, 1.82) is 0 Å². The van der Waals surface area contributed by atoms with Crippen LogP contribution in [0, 0.1) is 0 Å². The van der Waals surface area contributed by atoms with Crippen molar-refractivity contribution in [1.82, 2.24) is 4.98 Å². The number of pyridine rings is 1. The van der Waals surface area contributed by atoms with Gasteiger partial charge in [-0.1, -0.05) is 25.1 Å². The van der Waals surface area contributed by atoms with Gasteiger partial charge in [-0.25, -0.2) is 0 Å². The minimum atomic E-state index is 0.516. The number of hydrogen-bond donors (Lipinski definition) is 0. The van der Waals surface area contributed by atoms with Gasteiger partial charge >= 0.3 is 0 Å². The van der Waals surface area contributed by atoms with Gasteiger partial charge in [-0.15, -0.1) is 0 Å². The normalized spacial score (nSPS) is 12.1. The maximum Gasteiger partial charge on any atom is 0.119 e. The Morgan fingerprint density at radius 2 is 2.06 bits per heavy atom. The first-order valence-electron chi connectivity index (χ1n) is 6.33. The van der Waals surface area contributed by atoms with Gasteiger partial charge in [0.05, 0.1) is 7.11 Å². The van der Waals surface area contributed by atoms with E-state index in [4.69, 9.17) is 4.74 Å². The van der Waals surface area contributed by atoms with E-state index in [1.807, 2.05) is 30.5 Å². The van der Waals surface area contributed by atoms with E-state index in [1.165, 1.54) is 5.56 Å². The van der Waals surface area contributed by atoms with Crippen LogP contribution in [0.4, 0.5) is 0 Å². The molecule has 1 aromatic heterocycles. The molecule has 1 heterocycles. The smallest absolute Gasteiger partial charge is 0.119 e. The Morgan fingerprint density at radius 1 is 1.17 bits per heavy atom. The van der Waals surface area contributed by atoms with E-state index < -0.39 is 0 Å². The number of ether oxygens (including phenoxy) is 1. The summed E-state index contributed by atoms with van der Waals surface area (Å²) in [6, 6.07) is 14.4. The highest BCUT2D eigenvalue weighted by Crippen LogP contribution is 2.24. The monoisotopic (exact) mass is 241 g/mol. The van der Waals surface area contributed by atoms with Crippen molar-refractivity contribution in [3.8, 4) is 5.75 Å². The van der Waals surface area contributed by atoms with Crippen LogP contribution >= 0.6 is 0 Å². The van der Waals surface area contributed by atoms with Crippen molar-refractivity contribution in [3.63, 3.8) is 0 Å². The van der Waals surface area contributed by atoms with Crippen molar-refractivity contribution in [3.05, 3.63) is 59.9 Å². The van der Waals surface area contributed by atoms with Crippen molar-refractivity contribution >= 4 is 0 Å². The first kappa shape index (κ1) is 12.6. The number of benzene rings is 1. The van der Waals surface area contributed by atoms with Crippen LogP contribution < -0.4 is 4.74 Å². The predicted molar refractivity (Wildman–Crippen MR) is 74.0 cm³/mol. The molecule has 0 unspecified atom stereocenters. The molecule has 0 aliphatic rings. The number of aromatic nitrogens is 1. The summed E-state index contributed by atoms with van der Waals surface area (Å²) in [6.45, 7) is 2.25. The van der Waals surface area contributed by atoms with Crippen molar-refractivity contribution in [2.24, 2.45) is 0 Å². The Hall–Kier alpha value is -1.83. The van der Waals surface area contributed by atoms with Crippen LogP contribution in [0.1, 0.15) is 30.5 Å². The first-order chi connectivity index (χ1) is 8.79. The lowest BCUT2D eigenvalue weighted by Gasteiger charge is -2.12. The largest absolute Gasteiger partial charge is 0.497 e. The lowest BCUT2D eigenvalue weighted by Crippen LogP contribution is -1.98. The molecule has 0 N–H and O–H groups in total. The molecule has 0 fully saturated rings. The molecule has 2 nitrogen and oxygen atoms in total. The number of aryl methyl sites for hydroxylation is 1. The lowest BCUT2D eigenvalue weighted by molar-refractivity contribution is 0.413. The highest BCUT2D eigenvalue weighted by atomic mass is 16.5. The van der Waals surface area contributed by atoms with Crippen LogP contribution in [-0.4, -0.2) is 12.1 Å². The maximum atomic E-state index is 5.26. The van der Waals surface area contributed by atoms with E-state index in [0.29, 0.717) is 5.92 Å². The molecule has 0 radical (unpaired) electrons. The molecule has 0 spiro atoms. The molecular weight excluding hydrogens is 222 g/mol. The third-order valence-corrected chi connectivity index (χ3v) is 3.22. The van der Waals surface area contributed by atoms with Gasteiger partial charge in [-0.3, -0.25) is 4.98 Å². The zero-order valence-electron chi connectivity index (χ0n) is 11.0. The number of nitrogens with zero attached hydrogens (tertiary/aromatic N) is 1. The highest BCUT2D eigenvalue weighted by Gasteiger charge is 2.07. The summed E-state index contributed by atoms with van der Waals surface area (Å²) in [5.41, 5.74) is 2.48. The molecule has 0 amide bonds. The molecule has 2 rings (SSSR count). The van der Waals surface area contributed by atoms with Crippen LogP contribution in [0.5, 0.6) is 5.75 Å². The van der Waals surface area contributed by atoms with Gasteiger partial charge in [0.15, 0.2) is 0 Å². The fourth-order valence-corrected chi connectivity index (χ4v) is 2.03. The Morgan fingerprint density at radius 3 is 2.78 bits per heavy atom. The Kier molecular flexibility index (Phi) is 4.35. The number of hydrogen-bond acceptors (Lipinski definition) is 2. The Labute approximate surface area is 109 Å². The molecule has 0 aliphatic carbocycles. The van der Waals surface area contributed by atoms with E-state index in [2.05, 4.69) is 30.1 Å². The van der Waals surface area contributed by atoms with E-state index in [9.17, 15) is 0 Å². The van der Waals surface area contributed by atoms with Crippen LogP contribution in [0.25, 0.3) is 0 Å². The van der Waals surface area contributed by atoms with Crippen LogP contribution in [0.15, 0.2) is 48.7 Å². The molecule has 0 saturated carbocycles.